The largest absolute Gasteiger partial charge is 0.367 e. The summed E-state index contributed by atoms with van der Waals surface area (Å²) >= 11 is 0. The fraction of sp³-hybridized carbons (Fsp3) is 0.692. The van der Waals surface area contributed by atoms with E-state index in [4.69, 9.17) is 5.73 Å². The Morgan fingerprint density at radius 2 is 2.12 bits per heavy atom. The minimum absolute atomic E-state index is 0.141. The fourth-order valence-corrected chi connectivity index (χ4v) is 1.82. The first kappa shape index (κ1) is 13.3. The molecule has 0 aromatic carbocycles. The van der Waals surface area contributed by atoms with Crippen molar-refractivity contribution in [3.05, 3.63) is 24.0 Å². The van der Waals surface area contributed by atoms with Gasteiger partial charge in [0.15, 0.2) is 0 Å². The monoisotopic (exact) mass is 223 g/mol. The Morgan fingerprint density at radius 1 is 1.44 bits per heavy atom. The lowest BCUT2D eigenvalue weighted by atomic mass is 9.86. The van der Waals surface area contributed by atoms with E-state index in [1.807, 2.05) is 6.20 Å². The van der Waals surface area contributed by atoms with E-state index in [-0.39, 0.29) is 5.41 Å². The molecule has 1 aromatic heterocycles. The van der Waals surface area contributed by atoms with Crippen molar-refractivity contribution in [2.24, 2.45) is 11.7 Å². The first-order valence-corrected chi connectivity index (χ1v) is 6.04. The third-order valence-electron chi connectivity index (χ3n) is 3.24. The summed E-state index contributed by atoms with van der Waals surface area (Å²) in [5.41, 5.74) is 7.23. The van der Waals surface area contributed by atoms with Crippen LogP contribution in [0.1, 0.15) is 33.3 Å². The van der Waals surface area contributed by atoms with Gasteiger partial charge in [0.1, 0.15) is 0 Å². The quantitative estimate of drug-likeness (QED) is 0.689. The maximum absolute atomic E-state index is 5.75. The summed E-state index contributed by atoms with van der Waals surface area (Å²) in [5.74, 6) is 0.576. The summed E-state index contributed by atoms with van der Waals surface area (Å²) in [6.45, 7) is 10.5. The van der Waals surface area contributed by atoms with Crippen LogP contribution in [0.15, 0.2) is 18.5 Å². The number of H-pyrrole nitrogens is 1. The number of nitrogens with one attached hydrogen (secondary N) is 2. The average Bonchev–Trinajstić information content (AvgIpc) is 2.71. The van der Waals surface area contributed by atoms with Crippen LogP contribution in [0, 0.1) is 5.92 Å². The highest BCUT2D eigenvalue weighted by Crippen LogP contribution is 2.21. The van der Waals surface area contributed by atoms with Crippen LogP contribution in [0.2, 0.25) is 0 Å². The Hall–Kier alpha value is -0.800. The highest BCUT2D eigenvalue weighted by Gasteiger charge is 2.22. The van der Waals surface area contributed by atoms with Crippen LogP contribution in [0.3, 0.4) is 0 Å². The van der Waals surface area contributed by atoms with Gasteiger partial charge in [-0.15, -0.1) is 0 Å². The van der Waals surface area contributed by atoms with Crippen LogP contribution >= 0.6 is 0 Å². The maximum Gasteiger partial charge on any atom is 0.0213 e. The van der Waals surface area contributed by atoms with E-state index in [9.17, 15) is 0 Å². The minimum Gasteiger partial charge on any atom is -0.367 e. The summed E-state index contributed by atoms with van der Waals surface area (Å²) < 4.78 is 0. The van der Waals surface area contributed by atoms with E-state index in [0.717, 1.165) is 6.54 Å². The molecular formula is C13H25N3. The second-order valence-corrected chi connectivity index (χ2v) is 5.45. The van der Waals surface area contributed by atoms with Gasteiger partial charge in [0.05, 0.1) is 0 Å². The first-order chi connectivity index (χ1) is 7.47. The molecule has 0 saturated heterocycles. The Morgan fingerprint density at radius 3 is 2.56 bits per heavy atom. The number of hydrogen-bond donors (Lipinski definition) is 3. The molecule has 0 aliphatic heterocycles. The molecule has 0 amide bonds. The van der Waals surface area contributed by atoms with Gasteiger partial charge in [-0.05, 0) is 17.5 Å². The van der Waals surface area contributed by atoms with Crippen molar-refractivity contribution < 1.29 is 0 Å². The molecule has 92 valence electrons. The zero-order valence-corrected chi connectivity index (χ0v) is 10.9. The standard InChI is InChI=1S/C13H25N3/c1-10(2)12(7-14)16-9-13(3,4)11-5-6-15-8-11/h5-6,8,10,12,15-16H,7,9,14H2,1-4H3. The number of rotatable bonds is 6. The van der Waals surface area contributed by atoms with Crippen molar-refractivity contribution in [2.75, 3.05) is 13.1 Å². The van der Waals surface area contributed by atoms with Crippen molar-refractivity contribution in [3.63, 3.8) is 0 Å². The lowest BCUT2D eigenvalue weighted by molar-refractivity contribution is 0.360. The zero-order chi connectivity index (χ0) is 12.2. The highest BCUT2D eigenvalue weighted by atomic mass is 14.9. The third-order valence-corrected chi connectivity index (χ3v) is 3.24. The van der Waals surface area contributed by atoms with E-state index in [0.29, 0.717) is 18.5 Å². The lowest BCUT2D eigenvalue weighted by Gasteiger charge is -2.29. The van der Waals surface area contributed by atoms with E-state index >= 15 is 0 Å². The Labute approximate surface area is 98.8 Å². The van der Waals surface area contributed by atoms with Crippen molar-refractivity contribution >= 4 is 0 Å². The van der Waals surface area contributed by atoms with Gasteiger partial charge < -0.3 is 16.0 Å². The SMILES string of the molecule is CC(C)C(CN)NCC(C)(C)c1cc[nH]c1. The van der Waals surface area contributed by atoms with Gasteiger partial charge in [-0.2, -0.15) is 0 Å². The van der Waals surface area contributed by atoms with Gasteiger partial charge in [-0.3, -0.25) is 0 Å². The Kier molecular flexibility index (Phi) is 4.56. The zero-order valence-electron chi connectivity index (χ0n) is 10.9. The number of nitrogens with two attached hydrogens (primary N) is 1. The molecule has 0 saturated carbocycles. The molecular weight excluding hydrogens is 198 g/mol. The van der Waals surface area contributed by atoms with Crippen molar-refractivity contribution in [2.45, 2.75) is 39.2 Å². The van der Waals surface area contributed by atoms with E-state index in [1.165, 1.54) is 5.56 Å². The average molecular weight is 223 g/mol. The van der Waals surface area contributed by atoms with Crippen LogP contribution < -0.4 is 11.1 Å². The number of aromatic amines is 1. The lowest BCUT2D eigenvalue weighted by Crippen LogP contribution is -2.45. The van der Waals surface area contributed by atoms with Gasteiger partial charge in [0.2, 0.25) is 0 Å². The second-order valence-electron chi connectivity index (χ2n) is 5.45. The van der Waals surface area contributed by atoms with E-state index in [2.05, 4.69) is 50.3 Å². The smallest absolute Gasteiger partial charge is 0.0213 e. The molecule has 0 radical (unpaired) electrons. The molecule has 16 heavy (non-hydrogen) atoms. The number of hydrogen-bond acceptors (Lipinski definition) is 2. The molecule has 3 nitrogen and oxygen atoms in total. The van der Waals surface area contributed by atoms with E-state index in [1.54, 1.807) is 0 Å². The first-order valence-electron chi connectivity index (χ1n) is 6.04. The molecule has 0 bridgehead atoms. The molecule has 0 spiro atoms. The molecule has 0 aliphatic carbocycles. The molecule has 4 N–H and O–H groups in total. The highest BCUT2D eigenvalue weighted by molar-refractivity contribution is 5.20. The summed E-state index contributed by atoms with van der Waals surface area (Å²) in [7, 11) is 0. The van der Waals surface area contributed by atoms with Crippen LogP contribution in [0.4, 0.5) is 0 Å². The normalized spacial score (nSPS) is 14.4. The van der Waals surface area contributed by atoms with Crippen molar-refractivity contribution in [1.29, 1.82) is 0 Å². The Balaban J connectivity index is 2.54. The summed E-state index contributed by atoms with van der Waals surface area (Å²) in [4.78, 5) is 3.11. The molecule has 1 aromatic rings. The molecule has 1 rings (SSSR count). The Bertz CT molecular complexity index is 288. The van der Waals surface area contributed by atoms with E-state index < -0.39 is 0 Å². The van der Waals surface area contributed by atoms with Gasteiger partial charge in [-0.25, -0.2) is 0 Å². The second kappa shape index (κ2) is 5.51. The summed E-state index contributed by atoms with van der Waals surface area (Å²) in [6.07, 6.45) is 4.04. The maximum atomic E-state index is 5.75. The van der Waals surface area contributed by atoms with Crippen molar-refractivity contribution in [3.8, 4) is 0 Å². The van der Waals surface area contributed by atoms with Crippen LogP contribution in [0.5, 0.6) is 0 Å². The molecule has 0 fully saturated rings. The summed E-state index contributed by atoms with van der Waals surface area (Å²) in [5, 5.41) is 3.56. The molecule has 1 unspecified atom stereocenters. The summed E-state index contributed by atoms with van der Waals surface area (Å²) in [6, 6.07) is 2.53. The van der Waals surface area contributed by atoms with Crippen LogP contribution in [-0.2, 0) is 5.41 Å². The fourth-order valence-electron chi connectivity index (χ4n) is 1.82. The predicted molar refractivity (Wildman–Crippen MR) is 69.5 cm³/mol. The number of aromatic nitrogens is 1. The van der Waals surface area contributed by atoms with Crippen LogP contribution in [0.25, 0.3) is 0 Å². The molecule has 3 heteroatoms. The predicted octanol–water partition coefficient (Wildman–Crippen LogP) is 1.87. The van der Waals surface area contributed by atoms with Gasteiger partial charge in [0, 0.05) is 36.9 Å². The molecule has 1 heterocycles. The third kappa shape index (κ3) is 3.35. The van der Waals surface area contributed by atoms with Gasteiger partial charge >= 0.3 is 0 Å². The molecule has 0 aliphatic rings. The molecule has 1 atom stereocenters. The minimum atomic E-state index is 0.141. The van der Waals surface area contributed by atoms with Gasteiger partial charge in [0.25, 0.3) is 0 Å². The topological polar surface area (TPSA) is 53.8 Å². The van der Waals surface area contributed by atoms with Crippen molar-refractivity contribution in [1.82, 2.24) is 10.3 Å². The van der Waals surface area contributed by atoms with Gasteiger partial charge in [-0.1, -0.05) is 27.7 Å². The van der Waals surface area contributed by atoms with Crippen LogP contribution in [-0.4, -0.2) is 24.1 Å².